The molecule has 94 valence electrons. The topological polar surface area (TPSA) is 78.0 Å². The average Bonchev–Trinajstić information content (AvgIpc) is 2.64. The molecule has 17 heavy (non-hydrogen) atoms. The fourth-order valence-electron chi connectivity index (χ4n) is 2.04. The molecule has 0 aliphatic carbocycles. The molecule has 1 aromatic heterocycles. The van der Waals surface area contributed by atoms with Gasteiger partial charge in [-0.15, -0.1) is 0 Å². The molecule has 0 saturated carbocycles. The lowest BCUT2D eigenvalue weighted by molar-refractivity contribution is 0.0939. The molecule has 0 spiro atoms. The van der Waals surface area contributed by atoms with Gasteiger partial charge in [-0.1, -0.05) is 20.8 Å². The van der Waals surface area contributed by atoms with Crippen molar-refractivity contribution >= 4 is 5.91 Å². The molecule has 0 saturated heterocycles. The summed E-state index contributed by atoms with van der Waals surface area (Å²) in [5, 5.41) is 12.6. The predicted molar refractivity (Wildman–Crippen MR) is 63.7 cm³/mol. The second-order valence-corrected chi connectivity index (χ2v) is 5.40. The largest absolute Gasteiger partial charge is 0.385 e. The van der Waals surface area contributed by atoms with Crippen LogP contribution in [0.1, 0.15) is 55.3 Å². The van der Waals surface area contributed by atoms with E-state index in [1.165, 1.54) is 0 Å². The van der Waals surface area contributed by atoms with Gasteiger partial charge in [0.1, 0.15) is 17.6 Å². The molecule has 1 aliphatic rings. The van der Waals surface area contributed by atoms with E-state index in [0.29, 0.717) is 24.5 Å². The Kier molecular flexibility index (Phi) is 2.95. The maximum absolute atomic E-state index is 11.8. The van der Waals surface area contributed by atoms with Crippen molar-refractivity contribution in [1.29, 1.82) is 0 Å². The zero-order valence-corrected chi connectivity index (χ0v) is 10.5. The van der Waals surface area contributed by atoms with Crippen molar-refractivity contribution in [3.8, 4) is 0 Å². The summed E-state index contributed by atoms with van der Waals surface area (Å²) in [4.78, 5) is 19.1. The third-order valence-corrected chi connectivity index (χ3v) is 3.10. The number of aromatic amines is 1. The van der Waals surface area contributed by atoms with Gasteiger partial charge in [-0.3, -0.25) is 4.79 Å². The first-order valence-corrected chi connectivity index (χ1v) is 5.98. The SMILES string of the molecule is CC[C@H](O)c1nc2c([nH]1)CC(C)(C)CNC2=O. The molecule has 0 aromatic carbocycles. The number of aliphatic hydroxyl groups excluding tert-OH is 1. The lowest BCUT2D eigenvalue weighted by atomic mass is 9.88. The molecule has 3 N–H and O–H groups in total. The third-order valence-electron chi connectivity index (χ3n) is 3.10. The summed E-state index contributed by atoms with van der Waals surface area (Å²) in [6.07, 6.45) is 0.708. The molecule has 1 aliphatic heterocycles. The van der Waals surface area contributed by atoms with Gasteiger partial charge in [0.15, 0.2) is 0 Å². The molecule has 0 radical (unpaired) electrons. The van der Waals surface area contributed by atoms with Crippen LogP contribution in [-0.2, 0) is 6.42 Å². The van der Waals surface area contributed by atoms with E-state index in [2.05, 4.69) is 29.1 Å². The summed E-state index contributed by atoms with van der Waals surface area (Å²) in [5.74, 6) is 0.335. The van der Waals surface area contributed by atoms with Crippen molar-refractivity contribution in [3.05, 3.63) is 17.2 Å². The quantitative estimate of drug-likeness (QED) is 0.722. The lowest BCUT2D eigenvalue weighted by Crippen LogP contribution is -2.32. The van der Waals surface area contributed by atoms with E-state index in [-0.39, 0.29) is 11.3 Å². The van der Waals surface area contributed by atoms with Crippen LogP contribution in [0.3, 0.4) is 0 Å². The van der Waals surface area contributed by atoms with E-state index in [9.17, 15) is 9.90 Å². The Bertz CT molecular complexity index is 437. The van der Waals surface area contributed by atoms with Gasteiger partial charge in [0.05, 0.1) is 0 Å². The van der Waals surface area contributed by atoms with Crippen LogP contribution in [0.2, 0.25) is 0 Å². The molecular weight excluding hydrogens is 218 g/mol. The number of nitrogens with one attached hydrogen (secondary N) is 2. The molecule has 5 heteroatoms. The van der Waals surface area contributed by atoms with Gasteiger partial charge in [0, 0.05) is 12.2 Å². The Morgan fingerprint density at radius 2 is 2.24 bits per heavy atom. The number of carbonyl (C=O) groups excluding carboxylic acids is 1. The molecule has 1 aromatic rings. The van der Waals surface area contributed by atoms with Crippen molar-refractivity contribution in [2.75, 3.05) is 6.54 Å². The molecule has 0 fully saturated rings. The van der Waals surface area contributed by atoms with E-state index in [0.717, 1.165) is 12.1 Å². The highest BCUT2D eigenvalue weighted by Gasteiger charge is 2.30. The van der Waals surface area contributed by atoms with Crippen LogP contribution in [0.4, 0.5) is 0 Å². The van der Waals surface area contributed by atoms with Gasteiger partial charge < -0.3 is 15.4 Å². The number of rotatable bonds is 2. The summed E-state index contributed by atoms with van der Waals surface area (Å²) < 4.78 is 0. The Hall–Kier alpha value is -1.36. The number of H-pyrrole nitrogens is 1. The average molecular weight is 237 g/mol. The number of hydrogen-bond acceptors (Lipinski definition) is 3. The van der Waals surface area contributed by atoms with Crippen LogP contribution >= 0.6 is 0 Å². The second-order valence-electron chi connectivity index (χ2n) is 5.40. The summed E-state index contributed by atoms with van der Waals surface area (Å²) in [6, 6.07) is 0. The van der Waals surface area contributed by atoms with Crippen LogP contribution in [0, 0.1) is 5.41 Å². The predicted octanol–water partition coefficient (Wildman–Crippen LogP) is 1.17. The van der Waals surface area contributed by atoms with E-state index in [4.69, 9.17) is 0 Å². The second kappa shape index (κ2) is 4.14. The summed E-state index contributed by atoms with van der Waals surface area (Å²) in [5.41, 5.74) is 1.26. The number of aromatic nitrogens is 2. The van der Waals surface area contributed by atoms with Gasteiger partial charge in [-0.25, -0.2) is 4.98 Å². The number of hydrogen-bond donors (Lipinski definition) is 3. The fourth-order valence-corrected chi connectivity index (χ4v) is 2.04. The minimum absolute atomic E-state index is 0.00187. The Morgan fingerprint density at radius 1 is 1.53 bits per heavy atom. The van der Waals surface area contributed by atoms with Crippen LogP contribution < -0.4 is 5.32 Å². The smallest absolute Gasteiger partial charge is 0.271 e. The Labute approximate surface area is 101 Å². The zero-order chi connectivity index (χ0) is 12.6. The normalized spacial score (nSPS) is 20.4. The molecule has 1 atom stereocenters. The third kappa shape index (κ3) is 2.34. The molecule has 2 heterocycles. The van der Waals surface area contributed by atoms with E-state index < -0.39 is 6.10 Å². The molecule has 0 unspecified atom stereocenters. The highest BCUT2D eigenvalue weighted by atomic mass is 16.3. The number of fused-ring (bicyclic) bond motifs is 1. The standard InChI is InChI=1S/C12H19N3O2/c1-4-8(16)10-14-7-5-12(2,3)6-13-11(17)9(7)15-10/h8,16H,4-6H2,1-3H3,(H,13,17)(H,14,15)/t8-/m0/s1. The van der Waals surface area contributed by atoms with Crippen molar-refractivity contribution < 1.29 is 9.90 Å². The molecular formula is C12H19N3O2. The van der Waals surface area contributed by atoms with Crippen molar-refractivity contribution in [3.63, 3.8) is 0 Å². The number of imidazole rings is 1. The van der Waals surface area contributed by atoms with Gasteiger partial charge in [0.25, 0.3) is 5.91 Å². The minimum atomic E-state index is -0.627. The van der Waals surface area contributed by atoms with Gasteiger partial charge in [-0.05, 0) is 18.3 Å². The summed E-state index contributed by atoms with van der Waals surface area (Å²) >= 11 is 0. The highest BCUT2D eigenvalue weighted by Crippen LogP contribution is 2.26. The van der Waals surface area contributed by atoms with E-state index >= 15 is 0 Å². The van der Waals surface area contributed by atoms with Crippen LogP contribution in [0.5, 0.6) is 0 Å². The number of carbonyl (C=O) groups is 1. The monoisotopic (exact) mass is 237 g/mol. The van der Waals surface area contributed by atoms with Gasteiger partial charge >= 0.3 is 0 Å². The maximum atomic E-state index is 11.8. The van der Waals surface area contributed by atoms with Crippen LogP contribution in [-0.4, -0.2) is 27.5 Å². The van der Waals surface area contributed by atoms with Crippen LogP contribution in [0.15, 0.2) is 0 Å². The molecule has 1 amide bonds. The Balaban J connectivity index is 2.38. The maximum Gasteiger partial charge on any atom is 0.271 e. The first-order chi connectivity index (χ1) is 7.93. The van der Waals surface area contributed by atoms with E-state index in [1.54, 1.807) is 0 Å². The number of aliphatic hydroxyl groups is 1. The minimum Gasteiger partial charge on any atom is -0.385 e. The van der Waals surface area contributed by atoms with Crippen molar-refractivity contribution in [2.24, 2.45) is 5.41 Å². The zero-order valence-electron chi connectivity index (χ0n) is 10.5. The van der Waals surface area contributed by atoms with Crippen molar-refractivity contribution in [2.45, 2.75) is 39.7 Å². The van der Waals surface area contributed by atoms with Crippen molar-refractivity contribution in [1.82, 2.24) is 15.3 Å². The first kappa shape index (κ1) is 12.1. The molecule has 5 nitrogen and oxygen atoms in total. The highest BCUT2D eigenvalue weighted by molar-refractivity contribution is 5.93. The molecule has 0 bridgehead atoms. The van der Waals surface area contributed by atoms with E-state index in [1.807, 2.05) is 6.92 Å². The van der Waals surface area contributed by atoms with Gasteiger partial charge in [-0.2, -0.15) is 0 Å². The lowest BCUT2D eigenvalue weighted by Gasteiger charge is -2.21. The molecule has 2 rings (SSSR count). The fraction of sp³-hybridized carbons (Fsp3) is 0.667. The van der Waals surface area contributed by atoms with Gasteiger partial charge in [0.2, 0.25) is 0 Å². The summed E-state index contributed by atoms with van der Waals surface area (Å²) in [7, 11) is 0. The number of nitrogens with zero attached hydrogens (tertiary/aromatic N) is 1. The number of amides is 1. The Morgan fingerprint density at radius 3 is 2.88 bits per heavy atom. The first-order valence-electron chi connectivity index (χ1n) is 5.98. The summed E-state index contributed by atoms with van der Waals surface area (Å²) in [6.45, 7) is 6.71. The van der Waals surface area contributed by atoms with Crippen LogP contribution in [0.25, 0.3) is 0 Å².